The summed E-state index contributed by atoms with van der Waals surface area (Å²) in [6.45, 7) is 2.57. The van der Waals surface area contributed by atoms with Crippen LogP contribution >= 0.6 is 11.6 Å². The molecule has 1 aliphatic rings. The van der Waals surface area contributed by atoms with Gasteiger partial charge in [0.05, 0.1) is 29.4 Å². The first-order valence-corrected chi connectivity index (χ1v) is 9.27. The highest BCUT2D eigenvalue weighted by Gasteiger charge is 2.28. The number of rotatable bonds is 3. The van der Waals surface area contributed by atoms with Gasteiger partial charge in [0.25, 0.3) is 0 Å². The molecule has 0 unspecified atom stereocenters. The number of ether oxygens (including phenoxy) is 1. The van der Waals surface area contributed by atoms with Crippen LogP contribution in [0.4, 0.5) is 10.1 Å². The van der Waals surface area contributed by atoms with E-state index in [9.17, 15) is 4.39 Å². The number of hydrogen-bond donors (Lipinski definition) is 1. The van der Waals surface area contributed by atoms with Crippen LogP contribution in [-0.4, -0.2) is 51.5 Å². The highest BCUT2D eigenvalue weighted by Crippen LogP contribution is 2.42. The Morgan fingerprint density at radius 3 is 2.61 bits per heavy atom. The van der Waals surface area contributed by atoms with Gasteiger partial charge in [-0.1, -0.05) is 29.8 Å². The van der Waals surface area contributed by atoms with Gasteiger partial charge in [-0.25, -0.2) is 9.49 Å². The lowest BCUT2D eigenvalue weighted by Crippen LogP contribution is -2.36. The molecule has 0 spiro atoms. The molecule has 3 heterocycles. The summed E-state index contributed by atoms with van der Waals surface area (Å²) in [7, 11) is 0. The minimum atomic E-state index is -0.462. The smallest absolute Gasteiger partial charge is 0.198 e. The first kappa shape index (κ1) is 17.2. The molecule has 5 rings (SSSR count). The van der Waals surface area contributed by atoms with Crippen LogP contribution < -0.4 is 4.90 Å². The van der Waals surface area contributed by atoms with E-state index < -0.39 is 5.82 Å². The van der Waals surface area contributed by atoms with Crippen LogP contribution in [0.2, 0.25) is 5.02 Å². The molecular weight excluding hydrogens is 383 g/mol. The number of nitrogens with zero attached hydrogens (tertiary/aromatic N) is 5. The van der Waals surface area contributed by atoms with Gasteiger partial charge in [-0.3, -0.25) is 0 Å². The van der Waals surface area contributed by atoms with Gasteiger partial charge in [-0.2, -0.15) is 0 Å². The summed E-state index contributed by atoms with van der Waals surface area (Å²) in [5, 5.41) is 15.3. The van der Waals surface area contributed by atoms with Crippen LogP contribution in [0.25, 0.3) is 28.1 Å². The molecule has 2 aromatic heterocycles. The van der Waals surface area contributed by atoms with Crippen molar-refractivity contribution in [2.45, 2.75) is 0 Å². The molecule has 0 saturated carbocycles. The van der Waals surface area contributed by atoms with Crippen LogP contribution in [0.3, 0.4) is 0 Å². The lowest BCUT2D eigenvalue weighted by molar-refractivity contribution is 0.123. The average molecular weight is 399 g/mol. The summed E-state index contributed by atoms with van der Waals surface area (Å²) < 4.78 is 22.0. The van der Waals surface area contributed by atoms with Crippen molar-refractivity contribution in [3.63, 3.8) is 0 Å². The fourth-order valence-electron chi connectivity index (χ4n) is 3.69. The summed E-state index contributed by atoms with van der Waals surface area (Å²) in [6, 6.07) is 12.9. The van der Waals surface area contributed by atoms with Crippen LogP contribution in [0.5, 0.6) is 0 Å². The van der Waals surface area contributed by atoms with E-state index in [4.69, 9.17) is 16.3 Å². The number of tetrazole rings is 1. The number of benzene rings is 2. The Bertz CT molecular complexity index is 1120. The Kier molecular flexibility index (Phi) is 4.22. The fourth-order valence-corrected chi connectivity index (χ4v) is 3.85. The van der Waals surface area contributed by atoms with Crippen LogP contribution in [0.1, 0.15) is 0 Å². The molecule has 0 radical (unpaired) electrons. The minimum absolute atomic E-state index is 0.0675. The third kappa shape index (κ3) is 2.73. The van der Waals surface area contributed by atoms with E-state index in [0.717, 1.165) is 28.0 Å². The van der Waals surface area contributed by atoms with E-state index in [1.54, 1.807) is 6.07 Å². The second-order valence-electron chi connectivity index (χ2n) is 6.50. The van der Waals surface area contributed by atoms with Gasteiger partial charge < -0.3 is 14.2 Å². The van der Waals surface area contributed by atoms with Crippen molar-refractivity contribution in [2.75, 3.05) is 31.2 Å². The third-order valence-electron chi connectivity index (χ3n) is 4.89. The molecule has 1 N–H and O–H groups in total. The van der Waals surface area contributed by atoms with E-state index in [2.05, 4.69) is 25.5 Å². The zero-order chi connectivity index (χ0) is 19.1. The van der Waals surface area contributed by atoms with Crippen LogP contribution in [-0.2, 0) is 4.74 Å². The fraction of sp³-hybridized carbons (Fsp3) is 0.211. The average Bonchev–Trinajstić information content (AvgIpc) is 3.36. The van der Waals surface area contributed by atoms with Gasteiger partial charge in [0.15, 0.2) is 5.82 Å². The molecule has 9 heteroatoms. The van der Waals surface area contributed by atoms with E-state index in [0.29, 0.717) is 32.1 Å². The molecule has 7 nitrogen and oxygen atoms in total. The van der Waals surface area contributed by atoms with Crippen LogP contribution in [0.15, 0.2) is 42.5 Å². The molecule has 1 fully saturated rings. The van der Waals surface area contributed by atoms with Gasteiger partial charge in [-0.05, 0) is 34.7 Å². The highest BCUT2D eigenvalue weighted by molar-refractivity contribution is 6.31. The number of morpholine rings is 1. The maximum Gasteiger partial charge on any atom is 0.198 e. The molecule has 0 bridgehead atoms. The molecule has 142 valence electrons. The largest absolute Gasteiger partial charge is 0.378 e. The minimum Gasteiger partial charge on any atom is -0.378 e. The Balaban J connectivity index is 1.90. The van der Waals surface area contributed by atoms with Crippen molar-refractivity contribution in [1.82, 2.24) is 25.2 Å². The van der Waals surface area contributed by atoms with E-state index in [1.807, 2.05) is 34.9 Å². The number of para-hydroxylation sites is 1. The van der Waals surface area contributed by atoms with E-state index in [1.165, 1.54) is 6.07 Å². The third-order valence-corrected chi connectivity index (χ3v) is 5.18. The number of halogens is 2. The zero-order valence-corrected chi connectivity index (χ0v) is 15.5. The molecule has 0 atom stereocenters. The molecule has 1 saturated heterocycles. The lowest BCUT2D eigenvalue weighted by Gasteiger charge is -2.29. The normalized spacial score (nSPS) is 14.7. The van der Waals surface area contributed by atoms with Crippen molar-refractivity contribution in [1.29, 1.82) is 0 Å². The Morgan fingerprint density at radius 1 is 1.11 bits per heavy atom. The van der Waals surface area contributed by atoms with Crippen molar-refractivity contribution in [3.05, 3.63) is 53.3 Å². The summed E-state index contributed by atoms with van der Waals surface area (Å²) in [6.07, 6.45) is 0. The van der Waals surface area contributed by atoms with Crippen molar-refractivity contribution in [2.24, 2.45) is 0 Å². The Labute approximate surface area is 164 Å². The maximum absolute atomic E-state index is 14.4. The first-order valence-electron chi connectivity index (χ1n) is 8.89. The number of hydrogen-bond acceptors (Lipinski definition) is 5. The van der Waals surface area contributed by atoms with Crippen LogP contribution in [0, 0.1) is 5.82 Å². The maximum atomic E-state index is 14.4. The van der Waals surface area contributed by atoms with Gasteiger partial charge in [0.2, 0.25) is 0 Å². The molecule has 4 aromatic rings. The summed E-state index contributed by atoms with van der Waals surface area (Å²) >= 11 is 6.15. The van der Waals surface area contributed by atoms with Gasteiger partial charge in [0.1, 0.15) is 11.5 Å². The molecule has 1 aliphatic heterocycles. The quantitative estimate of drug-likeness (QED) is 0.572. The SMILES string of the molecule is Fc1cc2c(N3CCOCC3)c(-c3nnn[nH]3)n(-c3ccccc3)c2cc1Cl. The van der Waals surface area contributed by atoms with E-state index >= 15 is 0 Å². The predicted octanol–water partition coefficient (Wildman–Crippen LogP) is 3.44. The monoisotopic (exact) mass is 398 g/mol. The number of aromatic amines is 1. The number of aromatic nitrogens is 5. The van der Waals surface area contributed by atoms with Crippen molar-refractivity contribution < 1.29 is 9.13 Å². The summed E-state index contributed by atoms with van der Waals surface area (Å²) in [5.74, 6) is 0.0363. The summed E-state index contributed by atoms with van der Waals surface area (Å²) in [4.78, 5) is 2.18. The molecular formula is C19H16ClFN6O. The Morgan fingerprint density at radius 2 is 1.89 bits per heavy atom. The molecule has 0 aliphatic carbocycles. The first-order chi connectivity index (χ1) is 13.7. The van der Waals surface area contributed by atoms with Gasteiger partial charge in [-0.15, -0.1) is 5.10 Å². The van der Waals surface area contributed by atoms with Crippen molar-refractivity contribution in [3.8, 4) is 17.2 Å². The highest BCUT2D eigenvalue weighted by atomic mass is 35.5. The topological polar surface area (TPSA) is 71.9 Å². The molecule has 2 aromatic carbocycles. The second-order valence-corrected chi connectivity index (χ2v) is 6.91. The van der Waals surface area contributed by atoms with E-state index in [-0.39, 0.29) is 5.02 Å². The number of H-pyrrole nitrogens is 1. The molecule has 28 heavy (non-hydrogen) atoms. The van der Waals surface area contributed by atoms with Gasteiger partial charge in [0, 0.05) is 24.2 Å². The predicted molar refractivity (Wildman–Crippen MR) is 104 cm³/mol. The molecule has 0 amide bonds. The Hall–Kier alpha value is -2.97. The zero-order valence-electron chi connectivity index (χ0n) is 14.8. The number of fused-ring (bicyclic) bond motifs is 1. The summed E-state index contributed by atoms with van der Waals surface area (Å²) in [5.41, 5.74) is 3.30. The number of nitrogens with one attached hydrogen (secondary N) is 1. The standard InChI is InChI=1S/C19H16ClFN6O/c20-14-11-16-13(10-15(14)21)17(26-6-8-28-9-7-26)18(19-22-24-25-23-19)27(16)12-4-2-1-3-5-12/h1-5,10-11H,6-9H2,(H,22,23,24,25). The second kappa shape index (κ2) is 6.88. The van der Waals surface area contributed by atoms with Crippen molar-refractivity contribution >= 4 is 28.2 Å². The lowest BCUT2D eigenvalue weighted by atomic mass is 10.2. The number of anilines is 1. The van der Waals surface area contributed by atoms with Gasteiger partial charge >= 0.3 is 0 Å².